The van der Waals surface area contributed by atoms with Crippen molar-refractivity contribution >= 4 is 22.9 Å². The van der Waals surface area contributed by atoms with Crippen molar-refractivity contribution in [3.8, 4) is 0 Å². The average Bonchev–Trinajstić information content (AvgIpc) is 2.72. The van der Waals surface area contributed by atoms with E-state index in [-0.39, 0.29) is 12.3 Å². The maximum absolute atomic E-state index is 10.8. The van der Waals surface area contributed by atoms with Crippen LogP contribution >= 0.6 is 0 Å². The van der Waals surface area contributed by atoms with Crippen LogP contribution < -0.4 is 0 Å². The second kappa shape index (κ2) is 4.84. The lowest BCUT2D eigenvalue weighted by Gasteiger charge is -1.94. The van der Waals surface area contributed by atoms with Gasteiger partial charge in [0.2, 0.25) is 0 Å². The van der Waals surface area contributed by atoms with Crippen LogP contribution in [0.15, 0.2) is 30.3 Å². The highest BCUT2D eigenvalue weighted by molar-refractivity contribution is 5.94. The van der Waals surface area contributed by atoms with Crippen LogP contribution in [-0.2, 0) is 0 Å². The Morgan fingerprint density at radius 1 is 1.35 bits per heavy atom. The molecular weight excluding hydrogens is 218 g/mol. The minimum atomic E-state index is -0.960. The molecule has 1 heterocycles. The Balaban J connectivity index is 2.33. The summed E-state index contributed by atoms with van der Waals surface area (Å²) in [6.07, 6.45) is 4.39. The van der Waals surface area contributed by atoms with E-state index in [0.717, 1.165) is 16.5 Å². The molecule has 88 valence electrons. The van der Waals surface area contributed by atoms with Gasteiger partial charge < -0.3 is 15.2 Å². The van der Waals surface area contributed by atoms with Crippen LogP contribution in [0.5, 0.6) is 0 Å². The molecule has 0 saturated carbocycles. The molecule has 0 fully saturated rings. The summed E-state index contributed by atoms with van der Waals surface area (Å²) in [6.45, 7) is 0.129. The molecule has 2 rings (SSSR count). The molecule has 1 aromatic carbocycles. The van der Waals surface area contributed by atoms with Gasteiger partial charge in [-0.15, -0.1) is 0 Å². The molecule has 0 spiro atoms. The summed E-state index contributed by atoms with van der Waals surface area (Å²) in [6, 6.07) is 7.28. The van der Waals surface area contributed by atoms with Crippen molar-refractivity contribution in [2.45, 2.75) is 6.42 Å². The number of aromatic amines is 1. The number of benzene rings is 1. The number of hydrogen-bond donors (Lipinski definition) is 3. The average molecular weight is 231 g/mol. The van der Waals surface area contributed by atoms with Crippen LogP contribution in [0.25, 0.3) is 17.0 Å². The van der Waals surface area contributed by atoms with Gasteiger partial charge in [0.05, 0.1) is 0 Å². The van der Waals surface area contributed by atoms with Gasteiger partial charge >= 0.3 is 5.97 Å². The maximum atomic E-state index is 10.8. The number of aliphatic hydroxyl groups is 1. The third kappa shape index (κ3) is 2.54. The van der Waals surface area contributed by atoms with Crippen molar-refractivity contribution in [2.75, 3.05) is 6.61 Å². The lowest BCUT2D eigenvalue weighted by Crippen LogP contribution is -1.94. The van der Waals surface area contributed by atoms with Gasteiger partial charge in [0.15, 0.2) is 0 Å². The monoisotopic (exact) mass is 231 g/mol. The zero-order chi connectivity index (χ0) is 12.3. The fourth-order valence-electron chi connectivity index (χ4n) is 1.66. The van der Waals surface area contributed by atoms with E-state index in [1.165, 1.54) is 0 Å². The molecule has 0 amide bonds. The second-order valence-electron chi connectivity index (χ2n) is 3.75. The fourth-order valence-corrected chi connectivity index (χ4v) is 1.66. The SMILES string of the molecule is O=C(O)c1cc2ccc(C=CCCO)cc2[nH]1. The zero-order valence-corrected chi connectivity index (χ0v) is 9.18. The van der Waals surface area contributed by atoms with Gasteiger partial charge in [-0.25, -0.2) is 4.79 Å². The Morgan fingerprint density at radius 2 is 2.18 bits per heavy atom. The molecule has 2 aromatic rings. The number of aromatic nitrogens is 1. The summed E-state index contributed by atoms with van der Waals surface area (Å²) in [5.74, 6) is -0.960. The Hall–Kier alpha value is -2.07. The number of H-pyrrole nitrogens is 1. The Morgan fingerprint density at radius 3 is 2.88 bits per heavy atom. The van der Waals surface area contributed by atoms with Gasteiger partial charge in [-0.3, -0.25) is 0 Å². The first-order valence-electron chi connectivity index (χ1n) is 5.34. The van der Waals surface area contributed by atoms with Gasteiger partial charge in [0, 0.05) is 17.5 Å². The summed E-state index contributed by atoms with van der Waals surface area (Å²) < 4.78 is 0. The van der Waals surface area contributed by atoms with Gasteiger partial charge in [-0.05, 0) is 24.1 Å². The molecule has 3 N–H and O–H groups in total. The minimum absolute atomic E-state index is 0.129. The predicted molar refractivity (Wildman–Crippen MR) is 66.0 cm³/mol. The second-order valence-corrected chi connectivity index (χ2v) is 3.75. The molecule has 0 unspecified atom stereocenters. The molecule has 4 nitrogen and oxygen atoms in total. The molecule has 0 aliphatic rings. The number of aromatic carboxylic acids is 1. The Labute approximate surface area is 98.2 Å². The van der Waals surface area contributed by atoms with Crippen LogP contribution in [0.2, 0.25) is 0 Å². The van der Waals surface area contributed by atoms with E-state index in [4.69, 9.17) is 10.2 Å². The van der Waals surface area contributed by atoms with Crippen LogP contribution in [0.4, 0.5) is 0 Å². The van der Waals surface area contributed by atoms with Gasteiger partial charge in [0.25, 0.3) is 0 Å². The minimum Gasteiger partial charge on any atom is -0.477 e. The van der Waals surface area contributed by atoms with Crippen molar-refractivity contribution in [3.05, 3.63) is 41.6 Å². The van der Waals surface area contributed by atoms with Crippen molar-refractivity contribution in [3.63, 3.8) is 0 Å². The van der Waals surface area contributed by atoms with E-state index in [9.17, 15) is 4.79 Å². The van der Waals surface area contributed by atoms with E-state index < -0.39 is 5.97 Å². The van der Waals surface area contributed by atoms with Crippen LogP contribution in [0, 0.1) is 0 Å². The van der Waals surface area contributed by atoms with E-state index in [0.29, 0.717) is 6.42 Å². The molecule has 17 heavy (non-hydrogen) atoms. The predicted octanol–water partition coefficient (Wildman–Crippen LogP) is 2.26. The number of nitrogens with one attached hydrogen (secondary N) is 1. The maximum Gasteiger partial charge on any atom is 0.352 e. The molecule has 0 aliphatic carbocycles. The number of rotatable bonds is 4. The highest BCUT2D eigenvalue weighted by Crippen LogP contribution is 2.18. The first kappa shape index (κ1) is 11.4. The molecule has 4 heteroatoms. The smallest absolute Gasteiger partial charge is 0.352 e. The highest BCUT2D eigenvalue weighted by atomic mass is 16.4. The molecule has 0 radical (unpaired) electrons. The number of aliphatic hydroxyl groups excluding tert-OH is 1. The Bertz CT molecular complexity index is 569. The number of carboxylic acids is 1. The molecule has 0 aliphatic heterocycles. The fraction of sp³-hybridized carbons (Fsp3) is 0.154. The van der Waals surface area contributed by atoms with Crippen LogP contribution in [0.1, 0.15) is 22.5 Å². The van der Waals surface area contributed by atoms with Crippen molar-refractivity contribution in [2.24, 2.45) is 0 Å². The summed E-state index contributed by atoms with van der Waals surface area (Å²) in [5.41, 5.74) is 1.97. The number of hydrogen-bond acceptors (Lipinski definition) is 2. The van der Waals surface area contributed by atoms with E-state index in [2.05, 4.69) is 4.98 Å². The third-order valence-electron chi connectivity index (χ3n) is 2.48. The van der Waals surface area contributed by atoms with Crippen molar-refractivity contribution < 1.29 is 15.0 Å². The number of carbonyl (C=O) groups is 1. The molecule has 0 saturated heterocycles. The van der Waals surface area contributed by atoms with E-state index in [1.807, 2.05) is 30.4 Å². The standard InChI is InChI=1S/C13H13NO3/c15-6-2-1-3-9-4-5-10-8-12(13(16)17)14-11(10)7-9/h1,3-5,7-8,14-15H,2,6H2,(H,16,17). The first-order valence-corrected chi connectivity index (χ1v) is 5.34. The third-order valence-corrected chi connectivity index (χ3v) is 2.48. The van der Waals surface area contributed by atoms with Gasteiger partial charge in [-0.2, -0.15) is 0 Å². The topological polar surface area (TPSA) is 73.3 Å². The van der Waals surface area contributed by atoms with E-state index >= 15 is 0 Å². The molecule has 0 atom stereocenters. The summed E-state index contributed by atoms with van der Waals surface area (Å²) >= 11 is 0. The van der Waals surface area contributed by atoms with Crippen LogP contribution in [0.3, 0.4) is 0 Å². The highest BCUT2D eigenvalue weighted by Gasteiger charge is 2.06. The summed E-state index contributed by atoms with van der Waals surface area (Å²) in [4.78, 5) is 13.6. The van der Waals surface area contributed by atoms with Crippen molar-refractivity contribution in [1.82, 2.24) is 4.98 Å². The van der Waals surface area contributed by atoms with E-state index in [1.54, 1.807) is 6.07 Å². The molecule has 0 bridgehead atoms. The largest absolute Gasteiger partial charge is 0.477 e. The molecule has 1 aromatic heterocycles. The first-order chi connectivity index (χ1) is 8.20. The summed E-state index contributed by atoms with van der Waals surface area (Å²) in [7, 11) is 0. The zero-order valence-electron chi connectivity index (χ0n) is 9.18. The number of carboxylic acid groups (broad SMARTS) is 1. The van der Waals surface area contributed by atoms with Gasteiger partial charge in [-0.1, -0.05) is 24.3 Å². The lowest BCUT2D eigenvalue weighted by molar-refractivity contribution is 0.0691. The lowest BCUT2D eigenvalue weighted by atomic mass is 10.1. The number of fused-ring (bicyclic) bond motifs is 1. The normalized spacial score (nSPS) is 11.4. The Kier molecular flexibility index (Phi) is 3.25. The van der Waals surface area contributed by atoms with Gasteiger partial charge in [0.1, 0.15) is 5.69 Å². The molecular formula is C13H13NO3. The van der Waals surface area contributed by atoms with Crippen molar-refractivity contribution in [1.29, 1.82) is 0 Å². The summed E-state index contributed by atoms with van der Waals surface area (Å²) in [5, 5.41) is 18.4. The quantitative estimate of drug-likeness (QED) is 0.755. The van der Waals surface area contributed by atoms with Crippen LogP contribution in [-0.4, -0.2) is 27.8 Å².